The molecular formula is C21H21NO3. The zero-order chi connectivity index (χ0) is 17.6. The van der Waals surface area contributed by atoms with Crippen molar-refractivity contribution in [3.05, 3.63) is 52.7 Å². The molecule has 0 amide bonds. The first kappa shape index (κ1) is 17.1. The Hall–Kier alpha value is -2.77. The molecule has 0 spiro atoms. The maximum Gasteiger partial charge on any atom is 0.200 e. The second kappa shape index (κ2) is 7.87. The van der Waals surface area contributed by atoms with Crippen LogP contribution in [0.4, 0.5) is 0 Å². The van der Waals surface area contributed by atoms with E-state index >= 15 is 0 Å². The van der Waals surface area contributed by atoms with Gasteiger partial charge in [0.05, 0.1) is 17.3 Å². The molecule has 0 radical (unpaired) electrons. The molecule has 1 aromatic heterocycles. The van der Waals surface area contributed by atoms with Gasteiger partial charge in [-0.2, -0.15) is 0 Å². The molecule has 3 rings (SSSR count). The highest BCUT2D eigenvalue weighted by Gasteiger charge is 2.08. The van der Waals surface area contributed by atoms with Crippen molar-refractivity contribution in [1.82, 2.24) is 4.90 Å². The van der Waals surface area contributed by atoms with Crippen molar-refractivity contribution in [2.75, 3.05) is 26.2 Å². The zero-order valence-electron chi connectivity index (χ0n) is 14.5. The summed E-state index contributed by atoms with van der Waals surface area (Å²) in [6.45, 7) is 7.24. The van der Waals surface area contributed by atoms with Gasteiger partial charge in [-0.05, 0) is 43.4 Å². The van der Waals surface area contributed by atoms with E-state index in [1.54, 1.807) is 30.3 Å². The van der Waals surface area contributed by atoms with Gasteiger partial charge in [-0.25, -0.2) is 0 Å². The quantitative estimate of drug-likeness (QED) is 0.527. The number of hydrogen-bond acceptors (Lipinski definition) is 4. The fourth-order valence-corrected chi connectivity index (χ4v) is 2.66. The van der Waals surface area contributed by atoms with Crippen LogP contribution >= 0.6 is 0 Å². The minimum atomic E-state index is -0.0464. The van der Waals surface area contributed by atoms with Crippen LogP contribution in [0.5, 0.6) is 5.75 Å². The van der Waals surface area contributed by atoms with Gasteiger partial charge in [0.15, 0.2) is 0 Å². The van der Waals surface area contributed by atoms with E-state index in [4.69, 9.17) is 9.15 Å². The van der Waals surface area contributed by atoms with Crippen LogP contribution in [0.1, 0.15) is 13.8 Å². The molecule has 0 aliphatic heterocycles. The van der Waals surface area contributed by atoms with Crippen LogP contribution in [0.25, 0.3) is 21.9 Å². The first-order chi connectivity index (χ1) is 12.2. The third-order valence-corrected chi connectivity index (χ3v) is 4.18. The largest absolute Gasteiger partial charge is 0.481 e. The van der Waals surface area contributed by atoms with E-state index < -0.39 is 0 Å². The van der Waals surface area contributed by atoms with E-state index in [1.807, 2.05) is 12.1 Å². The molecule has 4 nitrogen and oxygen atoms in total. The Balaban J connectivity index is 1.78. The number of rotatable bonds is 5. The molecule has 0 aliphatic rings. The molecule has 4 heteroatoms. The molecule has 1 heterocycles. The van der Waals surface area contributed by atoms with Crippen LogP contribution in [-0.4, -0.2) is 31.1 Å². The second-order valence-corrected chi connectivity index (χ2v) is 5.69. The first-order valence-electron chi connectivity index (χ1n) is 8.49. The number of ether oxygens (including phenoxy) is 1. The van der Waals surface area contributed by atoms with Crippen LogP contribution in [0.15, 0.2) is 51.7 Å². The van der Waals surface area contributed by atoms with Crippen molar-refractivity contribution in [2.24, 2.45) is 0 Å². The Bertz CT molecular complexity index is 991. The van der Waals surface area contributed by atoms with Crippen molar-refractivity contribution in [2.45, 2.75) is 13.8 Å². The molecule has 0 bridgehead atoms. The minimum Gasteiger partial charge on any atom is -0.481 e. The standard InChI is InChI=1S/C21H21NO3/c1-3-22(4-2)13-7-8-14-24-16-11-12-20-18(15-16)21(23)17-9-5-6-10-19(17)25-20/h5-6,9-12,15H,3-4,13-14H2,1-2H3. The summed E-state index contributed by atoms with van der Waals surface area (Å²) in [6, 6.07) is 12.5. The highest BCUT2D eigenvalue weighted by Crippen LogP contribution is 2.22. The lowest BCUT2D eigenvalue weighted by Crippen LogP contribution is -2.22. The van der Waals surface area contributed by atoms with Gasteiger partial charge in [-0.3, -0.25) is 9.69 Å². The van der Waals surface area contributed by atoms with Crippen LogP contribution in [0.3, 0.4) is 0 Å². The first-order valence-corrected chi connectivity index (χ1v) is 8.49. The number of para-hydroxylation sites is 1. The molecule has 0 atom stereocenters. The Kier molecular flexibility index (Phi) is 5.37. The smallest absolute Gasteiger partial charge is 0.200 e. The zero-order valence-corrected chi connectivity index (χ0v) is 14.5. The fourth-order valence-electron chi connectivity index (χ4n) is 2.66. The summed E-state index contributed by atoms with van der Waals surface area (Å²) < 4.78 is 11.4. The predicted molar refractivity (Wildman–Crippen MR) is 101 cm³/mol. The van der Waals surface area contributed by atoms with E-state index in [9.17, 15) is 4.79 Å². The lowest BCUT2D eigenvalue weighted by molar-refractivity contribution is 0.341. The summed E-state index contributed by atoms with van der Waals surface area (Å²) in [6.07, 6.45) is 0. The number of nitrogens with zero attached hydrogens (tertiary/aromatic N) is 1. The van der Waals surface area contributed by atoms with Gasteiger partial charge >= 0.3 is 0 Å². The third-order valence-electron chi connectivity index (χ3n) is 4.18. The Labute approximate surface area is 147 Å². The van der Waals surface area contributed by atoms with Crippen LogP contribution < -0.4 is 10.2 Å². The molecule has 3 aromatic rings. The van der Waals surface area contributed by atoms with Crippen LogP contribution in [-0.2, 0) is 0 Å². The lowest BCUT2D eigenvalue weighted by Gasteiger charge is -2.13. The second-order valence-electron chi connectivity index (χ2n) is 5.69. The van der Waals surface area contributed by atoms with Gasteiger partial charge in [0.2, 0.25) is 5.43 Å². The van der Waals surface area contributed by atoms with Gasteiger partial charge in [0.25, 0.3) is 0 Å². The summed E-state index contributed by atoms with van der Waals surface area (Å²) in [5.41, 5.74) is 1.11. The Morgan fingerprint density at radius 3 is 2.56 bits per heavy atom. The molecule has 2 aromatic carbocycles. The lowest BCUT2D eigenvalue weighted by atomic mass is 10.1. The van der Waals surface area contributed by atoms with Crippen LogP contribution in [0.2, 0.25) is 0 Å². The molecule has 25 heavy (non-hydrogen) atoms. The van der Waals surface area contributed by atoms with E-state index in [1.165, 1.54) is 0 Å². The average Bonchev–Trinajstić information content (AvgIpc) is 2.65. The van der Waals surface area contributed by atoms with Crippen molar-refractivity contribution >= 4 is 21.9 Å². The van der Waals surface area contributed by atoms with Crippen molar-refractivity contribution in [3.63, 3.8) is 0 Å². The average molecular weight is 335 g/mol. The molecule has 0 N–H and O–H groups in total. The Morgan fingerprint density at radius 2 is 1.76 bits per heavy atom. The molecule has 128 valence electrons. The van der Waals surface area contributed by atoms with Gasteiger partial charge in [0, 0.05) is 0 Å². The molecule has 0 fully saturated rings. The summed E-state index contributed by atoms with van der Waals surface area (Å²) in [5, 5.41) is 1.10. The molecule has 0 unspecified atom stereocenters. The monoisotopic (exact) mass is 335 g/mol. The third kappa shape index (κ3) is 3.84. The Morgan fingerprint density at radius 1 is 1.00 bits per heavy atom. The minimum absolute atomic E-state index is 0.0464. The highest BCUT2D eigenvalue weighted by atomic mass is 16.5. The van der Waals surface area contributed by atoms with Crippen molar-refractivity contribution in [3.8, 4) is 17.6 Å². The summed E-state index contributed by atoms with van der Waals surface area (Å²) in [5.74, 6) is 6.73. The normalized spacial score (nSPS) is 10.8. The van der Waals surface area contributed by atoms with E-state index in [0.29, 0.717) is 34.3 Å². The molecular weight excluding hydrogens is 314 g/mol. The van der Waals surface area contributed by atoms with Crippen molar-refractivity contribution in [1.29, 1.82) is 0 Å². The van der Waals surface area contributed by atoms with Crippen molar-refractivity contribution < 1.29 is 9.15 Å². The van der Waals surface area contributed by atoms with Gasteiger partial charge in [-0.15, -0.1) is 0 Å². The van der Waals surface area contributed by atoms with E-state index in [2.05, 4.69) is 30.6 Å². The fraction of sp³-hybridized carbons (Fsp3) is 0.286. The molecule has 0 saturated heterocycles. The van der Waals surface area contributed by atoms with E-state index in [0.717, 1.165) is 19.6 Å². The number of benzene rings is 2. The summed E-state index contributed by atoms with van der Waals surface area (Å²) >= 11 is 0. The summed E-state index contributed by atoms with van der Waals surface area (Å²) in [7, 11) is 0. The molecule has 0 saturated carbocycles. The van der Waals surface area contributed by atoms with Crippen LogP contribution in [0, 0.1) is 11.8 Å². The predicted octanol–water partition coefficient (Wildman–Crippen LogP) is 3.67. The van der Waals surface area contributed by atoms with Gasteiger partial charge < -0.3 is 9.15 Å². The molecule has 0 aliphatic carbocycles. The SMILES string of the molecule is CCN(CC)CC#CCOc1ccc2oc3ccccc3c(=O)c2c1. The summed E-state index contributed by atoms with van der Waals surface area (Å²) in [4.78, 5) is 14.8. The van der Waals surface area contributed by atoms with E-state index in [-0.39, 0.29) is 5.43 Å². The number of hydrogen-bond donors (Lipinski definition) is 0. The highest BCUT2D eigenvalue weighted by molar-refractivity contribution is 5.90. The maximum atomic E-state index is 12.6. The van der Waals surface area contributed by atoms with Gasteiger partial charge in [0.1, 0.15) is 23.5 Å². The number of fused-ring (bicyclic) bond motifs is 2. The van der Waals surface area contributed by atoms with Gasteiger partial charge in [-0.1, -0.05) is 37.8 Å². The maximum absolute atomic E-state index is 12.6. The topological polar surface area (TPSA) is 42.7 Å².